The number of hydrogen-bond donors (Lipinski definition) is 0. The van der Waals surface area contributed by atoms with Crippen LogP contribution in [-0.4, -0.2) is 53.2 Å². The Hall–Kier alpha value is -2.31. The minimum absolute atomic E-state index is 0.0791. The fourth-order valence-corrected chi connectivity index (χ4v) is 4.53. The summed E-state index contributed by atoms with van der Waals surface area (Å²) in [6.07, 6.45) is 5.30. The molecule has 0 bridgehead atoms. The first-order valence-corrected chi connectivity index (χ1v) is 9.72. The number of nitrogens with zero attached hydrogens (tertiary/aromatic N) is 3. The third-order valence-corrected chi connectivity index (χ3v) is 6.03. The smallest absolute Gasteiger partial charge is 0.323 e. The molecule has 27 heavy (non-hydrogen) atoms. The molecule has 0 amide bonds. The highest BCUT2D eigenvalue weighted by molar-refractivity contribution is 5.77. The van der Waals surface area contributed by atoms with E-state index in [2.05, 4.69) is 9.88 Å². The molecule has 2 saturated heterocycles. The maximum absolute atomic E-state index is 11.9. The van der Waals surface area contributed by atoms with Crippen LogP contribution >= 0.6 is 0 Å². The van der Waals surface area contributed by atoms with Gasteiger partial charge in [-0.3, -0.25) is 9.69 Å². The van der Waals surface area contributed by atoms with Crippen molar-refractivity contribution >= 4 is 5.97 Å². The number of piperidine rings is 1. The van der Waals surface area contributed by atoms with Crippen molar-refractivity contribution in [3.8, 4) is 11.4 Å². The lowest BCUT2D eigenvalue weighted by Crippen LogP contribution is -2.51. The SMILES string of the molecule is O=C1OCCC1N1CCC2(CC1)OCCc1cnc(-c3ccccc3)nc12. The lowest BCUT2D eigenvalue weighted by atomic mass is 9.82. The molecule has 5 rings (SSSR count). The predicted molar refractivity (Wildman–Crippen MR) is 99.0 cm³/mol. The van der Waals surface area contributed by atoms with Crippen molar-refractivity contribution in [2.24, 2.45) is 0 Å². The minimum atomic E-state index is -0.362. The molecule has 2 aromatic rings. The van der Waals surface area contributed by atoms with Crippen molar-refractivity contribution in [1.29, 1.82) is 0 Å². The van der Waals surface area contributed by atoms with Crippen LogP contribution in [0.1, 0.15) is 30.5 Å². The van der Waals surface area contributed by atoms with Gasteiger partial charge in [-0.25, -0.2) is 9.97 Å². The van der Waals surface area contributed by atoms with E-state index >= 15 is 0 Å². The summed E-state index contributed by atoms with van der Waals surface area (Å²) in [5.74, 6) is 0.672. The zero-order valence-electron chi connectivity index (χ0n) is 15.3. The topological polar surface area (TPSA) is 64.5 Å². The van der Waals surface area contributed by atoms with E-state index < -0.39 is 0 Å². The van der Waals surface area contributed by atoms with Gasteiger partial charge < -0.3 is 9.47 Å². The standard InChI is InChI=1S/C21H23N3O3/c25-20-17(7-12-26-20)24-10-8-21(9-11-24)18-16(6-13-27-21)14-22-19(23-18)15-4-2-1-3-5-15/h1-5,14,17H,6-13H2. The molecule has 1 aromatic heterocycles. The highest BCUT2D eigenvalue weighted by Crippen LogP contribution is 2.41. The van der Waals surface area contributed by atoms with Gasteiger partial charge in [0.05, 0.1) is 18.9 Å². The van der Waals surface area contributed by atoms with Gasteiger partial charge in [-0.15, -0.1) is 0 Å². The van der Waals surface area contributed by atoms with Gasteiger partial charge in [-0.2, -0.15) is 0 Å². The van der Waals surface area contributed by atoms with Gasteiger partial charge in [0.2, 0.25) is 0 Å². The highest BCUT2D eigenvalue weighted by atomic mass is 16.5. The second-order valence-corrected chi connectivity index (χ2v) is 7.53. The Labute approximate surface area is 158 Å². The second-order valence-electron chi connectivity index (χ2n) is 7.53. The maximum Gasteiger partial charge on any atom is 0.323 e. The van der Waals surface area contributed by atoms with Crippen molar-refractivity contribution in [2.75, 3.05) is 26.3 Å². The monoisotopic (exact) mass is 365 g/mol. The number of aromatic nitrogens is 2. The van der Waals surface area contributed by atoms with Crippen molar-refractivity contribution in [2.45, 2.75) is 37.3 Å². The van der Waals surface area contributed by atoms with E-state index in [1.54, 1.807) is 0 Å². The zero-order chi connectivity index (χ0) is 18.3. The molecule has 1 unspecified atom stereocenters. The molecule has 6 heteroatoms. The molecule has 0 aliphatic carbocycles. The van der Waals surface area contributed by atoms with E-state index in [1.807, 2.05) is 36.5 Å². The number of carbonyl (C=O) groups excluding carboxylic acids is 1. The van der Waals surface area contributed by atoms with Crippen LogP contribution in [0.3, 0.4) is 0 Å². The molecule has 4 heterocycles. The van der Waals surface area contributed by atoms with Crippen LogP contribution in [0, 0.1) is 0 Å². The molecule has 1 atom stereocenters. The van der Waals surface area contributed by atoms with E-state index in [9.17, 15) is 4.79 Å². The molecule has 1 aromatic carbocycles. The lowest BCUT2D eigenvalue weighted by molar-refractivity contribution is -0.145. The number of cyclic esters (lactones) is 1. The van der Waals surface area contributed by atoms with E-state index in [0.717, 1.165) is 55.9 Å². The van der Waals surface area contributed by atoms with Gasteiger partial charge in [0, 0.05) is 31.3 Å². The van der Waals surface area contributed by atoms with Crippen LogP contribution in [0.25, 0.3) is 11.4 Å². The maximum atomic E-state index is 11.9. The number of benzene rings is 1. The van der Waals surface area contributed by atoms with Gasteiger partial charge in [0.25, 0.3) is 0 Å². The number of ether oxygens (including phenoxy) is 2. The van der Waals surface area contributed by atoms with Crippen LogP contribution in [0.2, 0.25) is 0 Å². The lowest BCUT2D eigenvalue weighted by Gasteiger charge is -2.44. The van der Waals surface area contributed by atoms with Gasteiger partial charge in [-0.05, 0) is 24.8 Å². The first-order valence-electron chi connectivity index (χ1n) is 9.72. The first-order chi connectivity index (χ1) is 13.3. The van der Waals surface area contributed by atoms with Crippen molar-refractivity contribution in [1.82, 2.24) is 14.9 Å². The molecule has 1 spiro atoms. The number of carbonyl (C=O) groups is 1. The van der Waals surface area contributed by atoms with Gasteiger partial charge in [0.15, 0.2) is 5.82 Å². The summed E-state index contributed by atoms with van der Waals surface area (Å²) in [5, 5.41) is 0. The normalized spacial score (nSPS) is 24.6. The summed E-state index contributed by atoms with van der Waals surface area (Å²) in [6.45, 7) is 2.89. The van der Waals surface area contributed by atoms with Gasteiger partial charge in [-0.1, -0.05) is 30.3 Å². The number of likely N-dealkylation sites (tertiary alicyclic amines) is 1. The number of hydrogen-bond acceptors (Lipinski definition) is 6. The first kappa shape index (κ1) is 16.8. The summed E-state index contributed by atoms with van der Waals surface area (Å²) < 4.78 is 11.5. The third-order valence-electron chi connectivity index (χ3n) is 6.03. The number of rotatable bonds is 2. The molecule has 3 aliphatic rings. The zero-order valence-corrected chi connectivity index (χ0v) is 15.3. The Morgan fingerprint density at radius 2 is 1.93 bits per heavy atom. The fraction of sp³-hybridized carbons (Fsp3) is 0.476. The highest BCUT2D eigenvalue weighted by Gasteiger charge is 2.45. The fourth-order valence-electron chi connectivity index (χ4n) is 4.53. The van der Waals surface area contributed by atoms with Crippen molar-refractivity contribution in [3.63, 3.8) is 0 Å². The number of fused-ring (bicyclic) bond motifs is 2. The van der Waals surface area contributed by atoms with Crippen LogP contribution in [0.4, 0.5) is 0 Å². The average Bonchev–Trinajstić information content (AvgIpc) is 3.15. The molecule has 2 fully saturated rings. The predicted octanol–water partition coefficient (Wildman–Crippen LogP) is 2.32. The van der Waals surface area contributed by atoms with Gasteiger partial charge >= 0.3 is 5.97 Å². The minimum Gasteiger partial charge on any atom is -0.464 e. The Bertz CT molecular complexity index is 847. The molecular weight excluding hydrogens is 342 g/mol. The van der Waals surface area contributed by atoms with Crippen LogP contribution in [-0.2, 0) is 26.3 Å². The Morgan fingerprint density at radius 3 is 2.67 bits per heavy atom. The van der Waals surface area contributed by atoms with E-state index in [4.69, 9.17) is 14.5 Å². The number of esters is 1. The largest absolute Gasteiger partial charge is 0.464 e. The van der Waals surface area contributed by atoms with Crippen LogP contribution in [0.15, 0.2) is 36.5 Å². The second kappa shape index (κ2) is 6.69. The molecule has 3 aliphatic heterocycles. The Kier molecular flexibility index (Phi) is 4.17. The van der Waals surface area contributed by atoms with Crippen molar-refractivity contribution < 1.29 is 14.3 Å². The van der Waals surface area contributed by atoms with Gasteiger partial charge in [0.1, 0.15) is 11.6 Å². The Morgan fingerprint density at radius 1 is 1.11 bits per heavy atom. The van der Waals surface area contributed by atoms with E-state index in [-0.39, 0.29) is 17.6 Å². The molecule has 6 nitrogen and oxygen atoms in total. The molecule has 0 radical (unpaired) electrons. The quantitative estimate of drug-likeness (QED) is 0.761. The molecule has 0 saturated carbocycles. The van der Waals surface area contributed by atoms with Crippen LogP contribution < -0.4 is 0 Å². The van der Waals surface area contributed by atoms with E-state index in [0.29, 0.717) is 13.2 Å². The third kappa shape index (κ3) is 2.93. The van der Waals surface area contributed by atoms with Crippen LogP contribution in [0.5, 0.6) is 0 Å². The summed E-state index contributed by atoms with van der Waals surface area (Å²) in [7, 11) is 0. The van der Waals surface area contributed by atoms with E-state index in [1.165, 1.54) is 5.56 Å². The summed E-state index contributed by atoms with van der Waals surface area (Å²) >= 11 is 0. The summed E-state index contributed by atoms with van der Waals surface area (Å²) in [6, 6.07) is 9.98. The van der Waals surface area contributed by atoms with Crippen molar-refractivity contribution in [3.05, 3.63) is 47.8 Å². The molecule has 0 N–H and O–H groups in total. The Balaban J connectivity index is 1.43. The summed E-state index contributed by atoms with van der Waals surface area (Å²) in [4.78, 5) is 23.7. The molecular formula is C21H23N3O3. The summed E-state index contributed by atoms with van der Waals surface area (Å²) in [5.41, 5.74) is 2.89. The molecule has 140 valence electrons. The average molecular weight is 365 g/mol.